The molecule has 290 valence electrons. The van der Waals surface area contributed by atoms with Crippen molar-refractivity contribution in [3.05, 3.63) is 167 Å². The minimum absolute atomic E-state index is 0.184. The molecule has 0 radical (unpaired) electrons. The van der Waals surface area contributed by atoms with Crippen LogP contribution in [-0.2, 0) is 25.7 Å². The Morgan fingerprint density at radius 3 is 0.804 bits per heavy atom. The second-order valence-corrected chi connectivity index (χ2v) is 14.6. The SMILES string of the molecule is Cc1cc(-c2ccc(N(c3ccc(CCCO)cc3)c3ccc(CCCO)cc3)c(C)c2)ccc1N(c1ccc(CCCO)cc1)c1ccc(CCCO)cc1. The number of aliphatic hydroxyl groups excluding tert-OH is 4. The van der Waals surface area contributed by atoms with Crippen molar-refractivity contribution >= 4 is 34.1 Å². The number of hydrogen-bond donors (Lipinski definition) is 4. The lowest BCUT2D eigenvalue weighted by atomic mass is 9.98. The van der Waals surface area contributed by atoms with Gasteiger partial charge in [-0.2, -0.15) is 0 Å². The zero-order chi connectivity index (χ0) is 39.3. The van der Waals surface area contributed by atoms with E-state index >= 15 is 0 Å². The van der Waals surface area contributed by atoms with Crippen LogP contribution in [0.15, 0.2) is 133 Å². The number of rotatable bonds is 19. The van der Waals surface area contributed by atoms with Crippen LogP contribution in [0.3, 0.4) is 0 Å². The highest BCUT2D eigenvalue weighted by molar-refractivity contribution is 5.83. The van der Waals surface area contributed by atoms with Gasteiger partial charge in [0.15, 0.2) is 0 Å². The summed E-state index contributed by atoms with van der Waals surface area (Å²) >= 11 is 0. The molecule has 0 atom stereocenters. The lowest BCUT2D eigenvalue weighted by Crippen LogP contribution is -2.12. The number of aliphatic hydroxyl groups is 4. The van der Waals surface area contributed by atoms with E-state index in [1.807, 2.05) is 0 Å². The van der Waals surface area contributed by atoms with E-state index in [4.69, 9.17) is 0 Å². The minimum atomic E-state index is 0.184. The molecule has 56 heavy (non-hydrogen) atoms. The molecule has 0 fully saturated rings. The highest BCUT2D eigenvalue weighted by atomic mass is 16.3. The van der Waals surface area contributed by atoms with Crippen LogP contribution in [0.2, 0.25) is 0 Å². The lowest BCUT2D eigenvalue weighted by molar-refractivity contribution is 0.288. The molecule has 0 bridgehead atoms. The first-order valence-electron chi connectivity index (χ1n) is 20.0. The summed E-state index contributed by atoms with van der Waals surface area (Å²) in [5.41, 5.74) is 15.9. The number of anilines is 6. The Hall–Kier alpha value is -5.24. The molecule has 0 aliphatic heterocycles. The summed E-state index contributed by atoms with van der Waals surface area (Å²) in [6.45, 7) is 5.09. The molecule has 6 nitrogen and oxygen atoms in total. The van der Waals surface area contributed by atoms with E-state index in [2.05, 4.69) is 157 Å². The van der Waals surface area contributed by atoms with Gasteiger partial charge in [-0.3, -0.25) is 0 Å². The standard InChI is InChI=1S/C50H56N2O4/c1-37-35-43(19-29-49(37)51(45-21-11-39(12-22-45)7-3-31-53)46-23-13-40(14-24-46)8-4-32-54)44-20-30-50(38(2)36-44)52(47-25-15-41(16-26-47)9-5-33-55)48-27-17-42(18-28-48)10-6-34-56/h11-30,35-36,53-56H,3-10,31-34H2,1-2H3. The van der Waals surface area contributed by atoms with Crippen LogP contribution in [0.4, 0.5) is 34.1 Å². The van der Waals surface area contributed by atoms with Crippen LogP contribution < -0.4 is 9.80 Å². The molecule has 0 heterocycles. The second kappa shape index (κ2) is 20.1. The average Bonchev–Trinajstić information content (AvgIpc) is 3.23. The molecule has 0 spiro atoms. The fraction of sp³-hybridized carbons (Fsp3) is 0.280. The number of nitrogens with zero attached hydrogens (tertiary/aromatic N) is 2. The number of hydrogen-bond acceptors (Lipinski definition) is 6. The quantitative estimate of drug-likeness (QED) is 0.0660. The van der Waals surface area contributed by atoms with Gasteiger partial charge in [0.2, 0.25) is 0 Å². The Morgan fingerprint density at radius 1 is 0.339 bits per heavy atom. The molecule has 6 rings (SSSR count). The Labute approximate surface area is 333 Å². The molecular weight excluding hydrogens is 693 g/mol. The van der Waals surface area contributed by atoms with E-state index in [-0.39, 0.29) is 26.4 Å². The Morgan fingerprint density at radius 2 is 0.589 bits per heavy atom. The Balaban J connectivity index is 1.33. The van der Waals surface area contributed by atoms with Crippen molar-refractivity contribution in [1.29, 1.82) is 0 Å². The molecule has 0 saturated heterocycles. The first-order valence-corrected chi connectivity index (χ1v) is 20.0. The summed E-state index contributed by atoms with van der Waals surface area (Å²) in [7, 11) is 0. The summed E-state index contributed by atoms with van der Waals surface area (Å²) in [4.78, 5) is 4.61. The lowest BCUT2D eigenvalue weighted by Gasteiger charge is -2.28. The summed E-state index contributed by atoms with van der Waals surface area (Å²) in [5.74, 6) is 0. The van der Waals surface area contributed by atoms with Gasteiger partial charge in [0, 0.05) is 60.6 Å². The van der Waals surface area contributed by atoms with Crippen LogP contribution in [-0.4, -0.2) is 46.9 Å². The molecule has 6 aromatic rings. The van der Waals surface area contributed by atoms with Crippen LogP contribution in [0.1, 0.15) is 59.1 Å². The molecule has 0 unspecified atom stereocenters. The molecule has 0 amide bonds. The first kappa shape index (κ1) is 40.4. The average molecular weight is 749 g/mol. The maximum atomic E-state index is 9.35. The maximum absolute atomic E-state index is 9.35. The van der Waals surface area contributed by atoms with Crippen molar-refractivity contribution in [1.82, 2.24) is 0 Å². The fourth-order valence-electron chi connectivity index (χ4n) is 7.41. The van der Waals surface area contributed by atoms with Crippen molar-refractivity contribution < 1.29 is 20.4 Å². The van der Waals surface area contributed by atoms with Crippen LogP contribution in [0.25, 0.3) is 11.1 Å². The molecule has 4 N–H and O–H groups in total. The molecule has 0 aromatic heterocycles. The van der Waals surface area contributed by atoms with E-state index in [9.17, 15) is 20.4 Å². The molecular formula is C50H56N2O4. The number of benzene rings is 6. The van der Waals surface area contributed by atoms with Gasteiger partial charge in [0.1, 0.15) is 0 Å². The topological polar surface area (TPSA) is 87.4 Å². The first-order chi connectivity index (χ1) is 27.4. The zero-order valence-electron chi connectivity index (χ0n) is 32.9. The third-order valence-electron chi connectivity index (χ3n) is 10.5. The fourth-order valence-corrected chi connectivity index (χ4v) is 7.41. The van der Waals surface area contributed by atoms with E-state index in [1.165, 1.54) is 22.3 Å². The minimum Gasteiger partial charge on any atom is -0.396 e. The highest BCUT2D eigenvalue weighted by Gasteiger charge is 2.18. The summed E-state index contributed by atoms with van der Waals surface area (Å²) in [5, 5.41) is 37.4. The van der Waals surface area contributed by atoms with Crippen molar-refractivity contribution in [3.63, 3.8) is 0 Å². The summed E-state index contributed by atoms with van der Waals surface area (Å²) < 4.78 is 0. The van der Waals surface area contributed by atoms with Crippen molar-refractivity contribution in [2.45, 2.75) is 65.2 Å². The smallest absolute Gasteiger partial charge is 0.0491 e. The predicted octanol–water partition coefficient (Wildman–Crippen LogP) is 10.6. The highest BCUT2D eigenvalue weighted by Crippen LogP contribution is 2.41. The van der Waals surface area contributed by atoms with Gasteiger partial charge >= 0.3 is 0 Å². The summed E-state index contributed by atoms with van der Waals surface area (Å²) in [6, 6.07) is 48.0. The van der Waals surface area contributed by atoms with Crippen molar-refractivity contribution in [2.75, 3.05) is 36.2 Å². The van der Waals surface area contributed by atoms with E-state index in [0.29, 0.717) is 0 Å². The maximum Gasteiger partial charge on any atom is 0.0491 e. The van der Waals surface area contributed by atoms with Gasteiger partial charge in [0.05, 0.1) is 0 Å². The van der Waals surface area contributed by atoms with E-state index < -0.39 is 0 Å². The molecule has 6 heteroatoms. The molecule has 6 aromatic carbocycles. The van der Waals surface area contributed by atoms with Crippen LogP contribution in [0, 0.1) is 13.8 Å². The van der Waals surface area contributed by atoms with Gasteiger partial charge in [-0.1, -0.05) is 60.7 Å². The summed E-state index contributed by atoms with van der Waals surface area (Å²) in [6.07, 6.45) is 6.35. The van der Waals surface area contributed by atoms with Gasteiger partial charge in [-0.25, -0.2) is 0 Å². The van der Waals surface area contributed by atoms with Gasteiger partial charge in [-0.15, -0.1) is 0 Å². The monoisotopic (exact) mass is 748 g/mol. The van der Waals surface area contributed by atoms with E-state index in [1.54, 1.807) is 0 Å². The molecule has 0 aliphatic carbocycles. The van der Waals surface area contributed by atoms with Crippen LogP contribution >= 0.6 is 0 Å². The second-order valence-electron chi connectivity index (χ2n) is 14.6. The Kier molecular flexibility index (Phi) is 14.5. The molecule has 0 saturated carbocycles. The van der Waals surface area contributed by atoms with Crippen molar-refractivity contribution in [3.8, 4) is 11.1 Å². The van der Waals surface area contributed by atoms with Crippen LogP contribution in [0.5, 0.6) is 0 Å². The van der Waals surface area contributed by atoms with Gasteiger partial charge < -0.3 is 30.2 Å². The van der Waals surface area contributed by atoms with Gasteiger partial charge in [-0.05, 0) is 183 Å². The predicted molar refractivity (Wildman–Crippen MR) is 232 cm³/mol. The largest absolute Gasteiger partial charge is 0.396 e. The normalized spacial score (nSPS) is 11.2. The third-order valence-corrected chi connectivity index (χ3v) is 10.5. The van der Waals surface area contributed by atoms with E-state index in [0.717, 1.165) is 108 Å². The van der Waals surface area contributed by atoms with Crippen molar-refractivity contribution in [2.24, 2.45) is 0 Å². The third kappa shape index (κ3) is 10.1. The molecule has 0 aliphatic rings. The van der Waals surface area contributed by atoms with Gasteiger partial charge in [0.25, 0.3) is 0 Å². The number of aryl methyl sites for hydroxylation is 6. The zero-order valence-corrected chi connectivity index (χ0v) is 32.9. The Bertz CT molecular complexity index is 1850.